The number of sulfone groups is 1. The largest absolute Gasteiger partial charge is 0.493 e. The molecule has 1 heterocycles. The van der Waals surface area contributed by atoms with Crippen LogP contribution in [0.1, 0.15) is 28.7 Å². The summed E-state index contributed by atoms with van der Waals surface area (Å²) in [5.41, 5.74) is 3.88. The Labute approximate surface area is 190 Å². The zero-order valence-corrected chi connectivity index (χ0v) is 20.1. The molecule has 174 valence electrons. The fourth-order valence-electron chi connectivity index (χ4n) is 4.23. The highest BCUT2D eigenvalue weighted by molar-refractivity contribution is 7.91. The predicted molar refractivity (Wildman–Crippen MR) is 123 cm³/mol. The van der Waals surface area contributed by atoms with Crippen molar-refractivity contribution in [1.82, 2.24) is 4.90 Å². The molecule has 1 atom stereocenters. The maximum absolute atomic E-state index is 13.2. The highest BCUT2D eigenvalue weighted by Crippen LogP contribution is 2.30. The van der Waals surface area contributed by atoms with Crippen molar-refractivity contribution in [2.24, 2.45) is 0 Å². The minimum absolute atomic E-state index is 0.0331. The first-order chi connectivity index (χ1) is 15.1. The summed E-state index contributed by atoms with van der Waals surface area (Å²) in [5, 5.41) is 0. The van der Waals surface area contributed by atoms with E-state index in [9.17, 15) is 13.2 Å². The van der Waals surface area contributed by atoms with Gasteiger partial charge in [0.05, 0.1) is 25.7 Å². The number of carbonyl (C=O) groups excluding carboxylic acids is 1. The van der Waals surface area contributed by atoms with Gasteiger partial charge in [0.25, 0.3) is 5.91 Å². The molecule has 0 aliphatic carbocycles. The molecule has 1 unspecified atom stereocenters. The van der Waals surface area contributed by atoms with Gasteiger partial charge in [-0.1, -0.05) is 23.8 Å². The van der Waals surface area contributed by atoms with E-state index in [1.165, 1.54) is 0 Å². The molecular weight excluding hydrogens is 430 g/mol. The predicted octanol–water partition coefficient (Wildman–Crippen LogP) is 3.22. The van der Waals surface area contributed by atoms with Crippen LogP contribution in [0.2, 0.25) is 0 Å². The first-order valence-electron chi connectivity index (χ1n) is 10.5. The average molecular weight is 462 g/mol. The third-order valence-electron chi connectivity index (χ3n) is 5.72. The van der Waals surface area contributed by atoms with Crippen LogP contribution >= 0.6 is 0 Å². The third-order valence-corrected chi connectivity index (χ3v) is 7.47. The van der Waals surface area contributed by atoms with Gasteiger partial charge in [-0.2, -0.15) is 0 Å². The third kappa shape index (κ3) is 5.54. The van der Waals surface area contributed by atoms with Gasteiger partial charge < -0.3 is 19.1 Å². The van der Waals surface area contributed by atoms with Crippen LogP contribution in [0.5, 0.6) is 17.2 Å². The molecule has 0 radical (unpaired) electrons. The Bertz CT molecular complexity index is 1070. The van der Waals surface area contributed by atoms with E-state index in [1.807, 2.05) is 39.0 Å². The lowest BCUT2D eigenvalue weighted by atomic mass is 10.1. The summed E-state index contributed by atoms with van der Waals surface area (Å²) in [7, 11) is -0.0460. The second-order valence-electron chi connectivity index (χ2n) is 8.28. The van der Waals surface area contributed by atoms with Gasteiger partial charge in [0.15, 0.2) is 27.9 Å². The Balaban J connectivity index is 1.82. The number of amides is 1. The highest BCUT2D eigenvalue weighted by atomic mass is 32.2. The van der Waals surface area contributed by atoms with E-state index < -0.39 is 9.84 Å². The summed E-state index contributed by atoms with van der Waals surface area (Å²) in [6, 6.07) is 9.06. The maximum Gasteiger partial charge on any atom is 0.261 e. The lowest BCUT2D eigenvalue weighted by Gasteiger charge is -2.29. The molecule has 8 heteroatoms. The molecule has 0 N–H and O–H groups in total. The smallest absolute Gasteiger partial charge is 0.261 e. The Morgan fingerprint density at radius 3 is 2.25 bits per heavy atom. The Morgan fingerprint density at radius 2 is 1.69 bits per heavy atom. The van der Waals surface area contributed by atoms with Crippen LogP contribution in [0.3, 0.4) is 0 Å². The van der Waals surface area contributed by atoms with Crippen LogP contribution in [0.4, 0.5) is 0 Å². The van der Waals surface area contributed by atoms with Gasteiger partial charge in [-0.15, -0.1) is 0 Å². The number of nitrogens with zero attached hydrogens (tertiary/aromatic N) is 1. The number of ether oxygens (including phenoxy) is 3. The van der Waals surface area contributed by atoms with Gasteiger partial charge in [-0.05, 0) is 56.0 Å². The zero-order chi connectivity index (χ0) is 23.5. The second kappa shape index (κ2) is 9.81. The first kappa shape index (κ1) is 23.9. The Kier molecular flexibility index (Phi) is 7.33. The van der Waals surface area contributed by atoms with E-state index in [1.54, 1.807) is 31.3 Å². The number of hydrogen-bond donors (Lipinski definition) is 0. The van der Waals surface area contributed by atoms with E-state index in [0.29, 0.717) is 23.7 Å². The molecule has 32 heavy (non-hydrogen) atoms. The van der Waals surface area contributed by atoms with Gasteiger partial charge in [-0.3, -0.25) is 4.79 Å². The van der Waals surface area contributed by atoms with Crippen molar-refractivity contribution in [2.75, 3.05) is 32.3 Å². The minimum Gasteiger partial charge on any atom is -0.493 e. The van der Waals surface area contributed by atoms with Crippen LogP contribution in [-0.2, 0) is 21.2 Å². The number of rotatable bonds is 8. The van der Waals surface area contributed by atoms with Crippen molar-refractivity contribution in [3.63, 3.8) is 0 Å². The van der Waals surface area contributed by atoms with Crippen molar-refractivity contribution >= 4 is 15.7 Å². The van der Waals surface area contributed by atoms with E-state index in [2.05, 4.69) is 0 Å². The molecule has 0 bridgehead atoms. The molecule has 1 amide bonds. The maximum atomic E-state index is 13.2. The zero-order valence-electron chi connectivity index (χ0n) is 19.3. The van der Waals surface area contributed by atoms with Crippen LogP contribution in [0, 0.1) is 20.8 Å². The molecule has 0 spiro atoms. The quantitative estimate of drug-likeness (QED) is 0.600. The van der Waals surface area contributed by atoms with E-state index in [-0.39, 0.29) is 36.6 Å². The minimum atomic E-state index is -3.15. The fourth-order valence-corrected chi connectivity index (χ4v) is 5.96. The molecule has 3 rings (SSSR count). The number of aryl methyl sites for hydroxylation is 3. The molecule has 1 saturated heterocycles. The molecule has 2 aromatic rings. The highest BCUT2D eigenvalue weighted by Gasteiger charge is 2.35. The molecule has 1 aliphatic rings. The summed E-state index contributed by atoms with van der Waals surface area (Å²) < 4.78 is 40.8. The Morgan fingerprint density at radius 1 is 1.03 bits per heavy atom. The van der Waals surface area contributed by atoms with Gasteiger partial charge in [0, 0.05) is 12.6 Å². The van der Waals surface area contributed by atoms with Gasteiger partial charge in [0.2, 0.25) is 0 Å². The normalized spacial score (nSPS) is 17.1. The summed E-state index contributed by atoms with van der Waals surface area (Å²) in [6.45, 7) is 6.01. The standard InChI is InChI=1S/C24H31NO6S/c1-16-10-17(2)24(18(3)11-16)31-14-23(26)25(20-8-9-32(27,28)15-20)13-19-6-7-21(29-4)22(12-19)30-5/h6-7,10-12,20H,8-9,13-15H2,1-5H3. The summed E-state index contributed by atoms with van der Waals surface area (Å²) in [5.74, 6) is 1.64. The summed E-state index contributed by atoms with van der Waals surface area (Å²) >= 11 is 0. The summed E-state index contributed by atoms with van der Waals surface area (Å²) in [6.07, 6.45) is 0.421. The molecule has 1 aliphatic heterocycles. The number of hydrogen-bond acceptors (Lipinski definition) is 6. The number of benzene rings is 2. The molecule has 2 aromatic carbocycles. The van der Waals surface area contributed by atoms with Crippen LogP contribution < -0.4 is 14.2 Å². The van der Waals surface area contributed by atoms with E-state index >= 15 is 0 Å². The van der Waals surface area contributed by atoms with Crippen molar-refractivity contribution in [2.45, 2.75) is 39.8 Å². The van der Waals surface area contributed by atoms with Crippen molar-refractivity contribution in [3.05, 3.63) is 52.6 Å². The van der Waals surface area contributed by atoms with Gasteiger partial charge in [0.1, 0.15) is 5.75 Å². The second-order valence-corrected chi connectivity index (χ2v) is 10.5. The first-order valence-corrected chi connectivity index (χ1v) is 12.4. The Hall–Kier alpha value is -2.74. The van der Waals surface area contributed by atoms with Crippen LogP contribution in [-0.4, -0.2) is 57.6 Å². The van der Waals surface area contributed by atoms with E-state index in [4.69, 9.17) is 14.2 Å². The lowest BCUT2D eigenvalue weighted by molar-refractivity contribution is -0.136. The molecule has 1 fully saturated rings. The molecule has 0 aromatic heterocycles. The number of methoxy groups -OCH3 is 2. The van der Waals surface area contributed by atoms with Gasteiger partial charge in [-0.25, -0.2) is 8.42 Å². The SMILES string of the molecule is COc1ccc(CN(C(=O)COc2c(C)cc(C)cc2C)C2CCS(=O)(=O)C2)cc1OC. The topological polar surface area (TPSA) is 82.1 Å². The van der Waals surface area contributed by atoms with Gasteiger partial charge >= 0.3 is 0 Å². The van der Waals surface area contributed by atoms with E-state index in [0.717, 1.165) is 22.3 Å². The monoisotopic (exact) mass is 461 g/mol. The molecule has 7 nitrogen and oxygen atoms in total. The molecular formula is C24H31NO6S. The van der Waals surface area contributed by atoms with Crippen LogP contribution in [0.25, 0.3) is 0 Å². The van der Waals surface area contributed by atoms with Crippen molar-refractivity contribution in [3.8, 4) is 17.2 Å². The molecule has 0 saturated carbocycles. The van der Waals surface area contributed by atoms with Crippen LogP contribution in [0.15, 0.2) is 30.3 Å². The fraction of sp³-hybridized carbons (Fsp3) is 0.458. The number of carbonyl (C=O) groups is 1. The summed E-state index contributed by atoms with van der Waals surface area (Å²) in [4.78, 5) is 14.9. The van der Waals surface area contributed by atoms with Crippen molar-refractivity contribution in [1.29, 1.82) is 0 Å². The average Bonchev–Trinajstić information content (AvgIpc) is 3.10. The van der Waals surface area contributed by atoms with Crippen molar-refractivity contribution < 1.29 is 27.4 Å². The lowest BCUT2D eigenvalue weighted by Crippen LogP contribution is -2.43.